The third-order valence-electron chi connectivity index (χ3n) is 3.41. The maximum atomic E-state index is 12.6. The van der Waals surface area contributed by atoms with Crippen LogP contribution in [0.3, 0.4) is 0 Å². The van der Waals surface area contributed by atoms with Crippen LogP contribution in [0.2, 0.25) is 0 Å². The molecule has 0 aliphatic heterocycles. The summed E-state index contributed by atoms with van der Waals surface area (Å²) >= 11 is 0. The molecule has 10 heteroatoms. The first-order valence-corrected chi connectivity index (χ1v) is 8.40. The molecule has 0 amide bonds. The molecule has 0 saturated heterocycles. The fraction of sp³-hybridized carbons (Fsp3) is 0.286. The van der Waals surface area contributed by atoms with Gasteiger partial charge in [0.1, 0.15) is 10.9 Å². The van der Waals surface area contributed by atoms with E-state index in [1.54, 1.807) is 13.8 Å². The molecule has 1 unspecified atom stereocenters. The fourth-order valence-electron chi connectivity index (χ4n) is 2.21. The van der Waals surface area contributed by atoms with Gasteiger partial charge in [-0.2, -0.15) is 4.72 Å². The number of carboxylic acids is 1. The summed E-state index contributed by atoms with van der Waals surface area (Å²) in [4.78, 5) is 25.3. The van der Waals surface area contributed by atoms with Crippen molar-refractivity contribution in [2.75, 3.05) is 0 Å². The van der Waals surface area contributed by atoms with Gasteiger partial charge < -0.3 is 5.11 Å². The molecular formula is C14H15N3O6S. The third kappa shape index (κ3) is 3.34. The van der Waals surface area contributed by atoms with E-state index < -0.39 is 32.9 Å². The Morgan fingerprint density at radius 1 is 1.33 bits per heavy atom. The molecule has 1 aromatic carbocycles. The van der Waals surface area contributed by atoms with Crippen molar-refractivity contribution in [2.24, 2.45) is 5.92 Å². The van der Waals surface area contributed by atoms with E-state index in [-0.39, 0.29) is 21.5 Å². The molecule has 0 radical (unpaired) electrons. The van der Waals surface area contributed by atoms with Gasteiger partial charge in [-0.3, -0.25) is 19.9 Å². The summed E-state index contributed by atoms with van der Waals surface area (Å²) in [6.45, 7) is 3.13. The van der Waals surface area contributed by atoms with Crippen molar-refractivity contribution in [1.82, 2.24) is 9.71 Å². The maximum absolute atomic E-state index is 12.6. The van der Waals surface area contributed by atoms with Crippen LogP contribution in [0.4, 0.5) is 5.69 Å². The number of carboxylic acid groups (broad SMARTS) is 1. The van der Waals surface area contributed by atoms with Crippen LogP contribution in [-0.4, -0.2) is 35.4 Å². The van der Waals surface area contributed by atoms with Gasteiger partial charge in [0.25, 0.3) is 5.69 Å². The van der Waals surface area contributed by atoms with Crippen molar-refractivity contribution in [3.05, 3.63) is 40.6 Å². The number of non-ortho nitro benzene ring substituents is 1. The average molecular weight is 353 g/mol. The Balaban J connectivity index is 2.62. The number of benzene rings is 1. The van der Waals surface area contributed by atoms with E-state index in [0.717, 1.165) is 12.1 Å². The molecule has 0 spiro atoms. The van der Waals surface area contributed by atoms with Crippen LogP contribution in [0, 0.1) is 16.0 Å². The Kier molecular flexibility index (Phi) is 4.81. The van der Waals surface area contributed by atoms with Gasteiger partial charge in [-0.25, -0.2) is 8.42 Å². The number of hydrogen-bond acceptors (Lipinski definition) is 6. The number of nitro benzene ring substituents is 1. The van der Waals surface area contributed by atoms with Crippen molar-refractivity contribution in [3.8, 4) is 0 Å². The van der Waals surface area contributed by atoms with Crippen molar-refractivity contribution < 1.29 is 23.2 Å². The second-order valence-corrected chi connectivity index (χ2v) is 7.10. The number of hydrogen-bond donors (Lipinski definition) is 2. The minimum absolute atomic E-state index is 0.0572. The Labute approximate surface area is 137 Å². The highest BCUT2D eigenvalue weighted by atomic mass is 32.2. The van der Waals surface area contributed by atoms with Gasteiger partial charge in [0.2, 0.25) is 10.0 Å². The number of aromatic nitrogens is 1. The van der Waals surface area contributed by atoms with Crippen LogP contribution < -0.4 is 4.72 Å². The molecule has 0 aliphatic carbocycles. The van der Waals surface area contributed by atoms with E-state index >= 15 is 0 Å². The lowest BCUT2D eigenvalue weighted by molar-refractivity contribution is -0.383. The van der Waals surface area contributed by atoms with Gasteiger partial charge in [-0.15, -0.1) is 0 Å². The van der Waals surface area contributed by atoms with Crippen molar-refractivity contribution >= 4 is 32.6 Å². The molecule has 1 aromatic heterocycles. The van der Waals surface area contributed by atoms with E-state index in [0.29, 0.717) is 0 Å². The van der Waals surface area contributed by atoms with E-state index in [1.165, 1.54) is 18.3 Å². The number of carbonyl (C=O) groups is 1. The smallest absolute Gasteiger partial charge is 0.322 e. The Morgan fingerprint density at radius 2 is 2.00 bits per heavy atom. The monoisotopic (exact) mass is 353 g/mol. The second kappa shape index (κ2) is 6.49. The van der Waals surface area contributed by atoms with Crippen LogP contribution in [0.15, 0.2) is 35.4 Å². The van der Waals surface area contributed by atoms with Crippen LogP contribution >= 0.6 is 0 Å². The molecule has 128 valence electrons. The summed E-state index contributed by atoms with van der Waals surface area (Å²) in [5, 5.41) is 20.3. The highest BCUT2D eigenvalue weighted by Crippen LogP contribution is 2.29. The molecule has 2 aromatic rings. The van der Waals surface area contributed by atoms with Gasteiger partial charge in [0, 0.05) is 12.3 Å². The molecule has 0 aliphatic rings. The lowest BCUT2D eigenvalue weighted by Crippen LogP contribution is -2.44. The van der Waals surface area contributed by atoms with E-state index in [4.69, 9.17) is 5.11 Å². The number of nitro groups is 1. The highest BCUT2D eigenvalue weighted by molar-refractivity contribution is 7.89. The molecule has 2 rings (SSSR count). The van der Waals surface area contributed by atoms with E-state index in [2.05, 4.69) is 9.71 Å². The summed E-state index contributed by atoms with van der Waals surface area (Å²) < 4.78 is 27.2. The number of nitrogens with zero attached hydrogens (tertiary/aromatic N) is 2. The molecular weight excluding hydrogens is 338 g/mol. The summed E-state index contributed by atoms with van der Waals surface area (Å²) in [5.41, 5.74) is -0.372. The predicted molar refractivity (Wildman–Crippen MR) is 85.0 cm³/mol. The van der Waals surface area contributed by atoms with Gasteiger partial charge >= 0.3 is 5.97 Å². The van der Waals surface area contributed by atoms with Crippen molar-refractivity contribution in [1.29, 1.82) is 0 Å². The molecule has 24 heavy (non-hydrogen) atoms. The number of nitrogens with one attached hydrogen (secondary N) is 1. The van der Waals surface area contributed by atoms with Crippen LogP contribution in [0.25, 0.3) is 10.9 Å². The molecule has 0 bridgehead atoms. The molecule has 9 nitrogen and oxygen atoms in total. The lowest BCUT2D eigenvalue weighted by atomic mass is 10.1. The largest absolute Gasteiger partial charge is 0.480 e. The highest BCUT2D eigenvalue weighted by Gasteiger charge is 2.30. The Bertz CT molecular complexity index is 910. The standard InChI is InChI=1S/C14H15N3O6S/c1-8(2)12(14(18)19)16-24(22,23)11-6-5-10(17(20)21)9-4-3-7-15-13(9)11/h3-8,12,16H,1-2H3,(H,18,19). The third-order valence-corrected chi connectivity index (χ3v) is 4.88. The van der Waals surface area contributed by atoms with Crippen molar-refractivity contribution in [3.63, 3.8) is 0 Å². The van der Waals surface area contributed by atoms with Gasteiger partial charge in [0.15, 0.2) is 0 Å². The number of fused-ring (bicyclic) bond motifs is 1. The Morgan fingerprint density at radius 3 is 2.54 bits per heavy atom. The topological polar surface area (TPSA) is 140 Å². The van der Waals surface area contributed by atoms with Gasteiger partial charge in [-0.05, 0) is 24.1 Å². The molecule has 1 heterocycles. The van der Waals surface area contributed by atoms with Crippen LogP contribution in [0.1, 0.15) is 13.8 Å². The lowest BCUT2D eigenvalue weighted by Gasteiger charge is -2.18. The fourth-order valence-corrected chi connectivity index (χ4v) is 3.71. The number of sulfonamides is 1. The molecule has 2 N–H and O–H groups in total. The predicted octanol–water partition coefficient (Wildman–Crippen LogP) is 1.53. The molecule has 0 saturated carbocycles. The van der Waals surface area contributed by atoms with Crippen molar-refractivity contribution in [2.45, 2.75) is 24.8 Å². The van der Waals surface area contributed by atoms with Crippen LogP contribution in [0.5, 0.6) is 0 Å². The number of pyridine rings is 1. The van der Waals surface area contributed by atoms with E-state index in [9.17, 15) is 23.3 Å². The maximum Gasteiger partial charge on any atom is 0.322 e. The summed E-state index contributed by atoms with van der Waals surface area (Å²) in [6.07, 6.45) is 1.31. The first-order valence-electron chi connectivity index (χ1n) is 6.92. The summed E-state index contributed by atoms with van der Waals surface area (Å²) in [7, 11) is -4.23. The average Bonchev–Trinajstić information content (AvgIpc) is 2.50. The second-order valence-electron chi connectivity index (χ2n) is 5.42. The number of rotatable bonds is 6. The zero-order chi connectivity index (χ0) is 18.1. The Hall–Kier alpha value is -2.59. The number of aliphatic carboxylic acids is 1. The SMILES string of the molecule is CC(C)C(NS(=O)(=O)c1ccc([N+](=O)[O-])c2cccnc12)C(=O)O. The molecule has 1 atom stereocenters. The van der Waals surface area contributed by atoms with Gasteiger partial charge in [-0.1, -0.05) is 13.8 Å². The quantitative estimate of drug-likeness (QED) is 0.593. The zero-order valence-corrected chi connectivity index (χ0v) is 13.6. The van der Waals surface area contributed by atoms with E-state index in [1.807, 2.05) is 0 Å². The first-order chi connectivity index (χ1) is 11.1. The summed E-state index contributed by atoms with van der Waals surface area (Å²) in [6, 6.07) is 3.62. The zero-order valence-electron chi connectivity index (χ0n) is 12.8. The summed E-state index contributed by atoms with van der Waals surface area (Å²) in [5.74, 6) is -1.80. The van der Waals surface area contributed by atoms with Gasteiger partial charge in [0.05, 0.1) is 15.8 Å². The minimum atomic E-state index is -4.23. The normalized spacial score (nSPS) is 13.1. The first kappa shape index (κ1) is 17.8. The minimum Gasteiger partial charge on any atom is -0.480 e. The van der Waals surface area contributed by atoms with Crippen LogP contribution in [-0.2, 0) is 14.8 Å². The molecule has 0 fully saturated rings.